The minimum Gasteiger partial charge on any atom is -0.366 e. The van der Waals surface area contributed by atoms with Crippen LogP contribution in [0.5, 0.6) is 0 Å². The summed E-state index contributed by atoms with van der Waals surface area (Å²) in [5.41, 5.74) is 2.94. The Morgan fingerprint density at radius 2 is 1.97 bits per heavy atom. The number of hydrogen-bond acceptors (Lipinski definition) is 5. The summed E-state index contributed by atoms with van der Waals surface area (Å²) in [5, 5.41) is 3.05. The van der Waals surface area contributed by atoms with Gasteiger partial charge in [-0.05, 0) is 34.7 Å². The summed E-state index contributed by atoms with van der Waals surface area (Å²) in [6.45, 7) is 4.53. The number of carbonyl (C=O) groups is 1. The van der Waals surface area contributed by atoms with Gasteiger partial charge in [0.25, 0.3) is 0 Å². The Bertz CT molecular complexity index is 1130. The molecule has 36 heavy (non-hydrogen) atoms. The second-order valence-corrected chi connectivity index (χ2v) is 9.40. The molecule has 1 N–H and O–H groups in total. The van der Waals surface area contributed by atoms with Gasteiger partial charge in [-0.15, -0.1) is 0 Å². The molecule has 4 rings (SSSR count). The van der Waals surface area contributed by atoms with Gasteiger partial charge in [0.15, 0.2) is 0 Å². The Kier molecular flexibility index (Phi) is 8.72. The van der Waals surface area contributed by atoms with Gasteiger partial charge in [0.1, 0.15) is 18.3 Å². The first-order chi connectivity index (χ1) is 17.4. The van der Waals surface area contributed by atoms with Crippen molar-refractivity contribution in [2.45, 2.75) is 50.9 Å². The lowest BCUT2D eigenvalue weighted by molar-refractivity contribution is -0.128. The molecule has 0 radical (unpaired) electrons. The molecule has 3 atom stereocenters. The van der Waals surface area contributed by atoms with Gasteiger partial charge in [-0.25, -0.2) is 18.7 Å². The highest BCUT2D eigenvalue weighted by molar-refractivity contribution is 5.83. The molecule has 3 aromatic rings. The van der Waals surface area contributed by atoms with Gasteiger partial charge < -0.3 is 10.1 Å². The third kappa shape index (κ3) is 6.50. The zero-order valence-corrected chi connectivity index (χ0v) is 20.6. The number of aromatic nitrogens is 2. The Balaban J connectivity index is 1.45. The van der Waals surface area contributed by atoms with Gasteiger partial charge in [0.05, 0.1) is 25.4 Å². The maximum absolute atomic E-state index is 14.8. The fourth-order valence-corrected chi connectivity index (χ4v) is 4.52. The molecule has 190 valence electrons. The number of rotatable bonds is 10. The molecule has 8 heteroatoms. The lowest BCUT2D eigenvalue weighted by atomic mass is 9.94. The molecule has 1 aliphatic heterocycles. The molecule has 1 amide bonds. The maximum Gasteiger partial charge on any atom is 0.238 e. The molecule has 1 aromatic heterocycles. The van der Waals surface area contributed by atoms with E-state index in [-0.39, 0.29) is 37.3 Å². The topological polar surface area (TPSA) is 67.4 Å². The molecular weight excluding hydrogens is 462 g/mol. The first kappa shape index (κ1) is 25.9. The van der Waals surface area contributed by atoms with Crippen molar-refractivity contribution < 1.29 is 18.3 Å². The van der Waals surface area contributed by atoms with Crippen molar-refractivity contribution in [3.8, 4) is 0 Å². The van der Waals surface area contributed by atoms with Crippen molar-refractivity contribution in [1.29, 1.82) is 0 Å². The number of nitrogens with one attached hydrogen (secondary N) is 1. The SMILES string of the molecule is CC(C)c1ccc([C@@H](NC(=O)[C@@H]2C[C@@H](F)CN2COCCc2ccncn2)c2ccccc2)cc1F. The van der Waals surface area contributed by atoms with Crippen LogP contribution in [-0.4, -0.2) is 52.9 Å². The number of likely N-dealkylation sites (tertiary alicyclic amines) is 1. The molecule has 0 spiro atoms. The highest BCUT2D eigenvalue weighted by atomic mass is 19.1. The Morgan fingerprint density at radius 3 is 2.67 bits per heavy atom. The van der Waals surface area contributed by atoms with Crippen molar-refractivity contribution >= 4 is 5.91 Å². The molecule has 2 aromatic carbocycles. The van der Waals surface area contributed by atoms with Crippen molar-refractivity contribution in [3.05, 3.63) is 95.3 Å². The summed E-state index contributed by atoms with van der Waals surface area (Å²) in [6, 6.07) is 15.1. The van der Waals surface area contributed by atoms with Crippen molar-refractivity contribution in [2.75, 3.05) is 19.9 Å². The third-order valence-electron chi connectivity index (χ3n) is 6.46. The van der Waals surface area contributed by atoms with E-state index in [9.17, 15) is 13.6 Å². The fourth-order valence-electron chi connectivity index (χ4n) is 4.52. The van der Waals surface area contributed by atoms with Crippen LogP contribution in [0.2, 0.25) is 0 Å². The molecular formula is C28H32F2N4O2. The lowest BCUT2D eigenvalue weighted by Gasteiger charge is -2.27. The van der Waals surface area contributed by atoms with E-state index < -0.39 is 18.3 Å². The van der Waals surface area contributed by atoms with Gasteiger partial charge in [-0.2, -0.15) is 0 Å². The number of alkyl halides is 1. The molecule has 0 bridgehead atoms. The van der Waals surface area contributed by atoms with Crippen LogP contribution >= 0.6 is 0 Å². The normalized spacial score (nSPS) is 18.9. The minimum absolute atomic E-state index is 0.0479. The average molecular weight is 495 g/mol. The Hall–Kier alpha value is -3.23. The van der Waals surface area contributed by atoms with Crippen LogP contribution in [0.3, 0.4) is 0 Å². The minimum atomic E-state index is -1.12. The molecule has 0 unspecified atom stereocenters. The van der Waals surface area contributed by atoms with E-state index in [1.165, 1.54) is 12.4 Å². The predicted molar refractivity (Wildman–Crippen MR) is 133 cm³/mol. The van der Waals surface area contributed by atoms with Crippen molar-refractivity contribution in [1.82, 2.24) is 20.2 Å². The largest absolute Gasteiger partial charge is 0.366 e. The highest BCUT2D eigenvalue weighted by Gasteiger charge is 2.38. The summed E-state index contributed by atoms with van der Waals surface area (Å²) in [4.78, 5) is 23.1. The summed E-state index contributed by atoms with van der Waals surface area (Å²) in [6.07, 6.45) is 2.71. The number of ether oxygens (including phenoxy) is 1. The molecule has 0 aliphatic carbocycles. The smallest absolute Gasteiger partial charge is 0.238 e. The maximum atomic E-state index is 14.8. The van der Waals surface area contributed by atoms with Crippen LogP contribution in [0.25, 0.3) is 0 Å². The highest BCUT2D eigenvalue weighted by Crippen LogP contribution is 2.28. The van der Waals surface area contributed by atoms with E-state index in [4.69, 9.17) is 4.74 Å². The standard InChI is InChI=1S/C28H32F2N4O2/c1-19(2)24-9-8-21(14-25(24)30)27(20-6-4-3-5-7-20)33-28(35)26-15-22(29)16-34(26)18-36-13-11-23-10-12-31-17-32-23/h3-10,12,14,17,19,22,26-27H,11,13,15-16,18H2,1-2H3,(H,33,35)/t22-,26+,27+/m1/s1. The van der Waals surface area contributed by atoms with E-state index >= 15 is 0 Å². The molecule has 2 heterocycles. The molecule has 1 fully saturated rings. The number of benzene rings is 2. The number of nitrogens with zero attached hydrogens (tertiary/aromatic N) is 3. The Morgan fingerprint density at radius 1 is 1.17 bits per heavy atom. The Labute approximate surface area is 210 Å². The van der Waals surface area contributed by atoms with Gasteiger partial charge in [-0.1, -0.05) is 56.3 Å². The zero-order valence-electron chi connectivity index (χ0n) is 20.6. The van der Waals surface area contributed by atoms with E-state index in [1.54, 1.807) is 17.2 Å². The third-order valence-corrected chi connectivity index (χ3v) is 6.46. The van der Waals surface area contributed by atoms with Crippen LogP contribution < -0.4 is 5.32 Å². The number of amides is 1. The molecule has 6 nitrogen and oxygen atoms in total. The van der Waals surface area contributed by atoms with Crippen LogP contribution in [0.4, 0.5) is 8.78 Å². The molecule has 1 saturated heterocycles. The predicted octanol–water partition coefficient (Wildman–Crippen LogP) is 4.57. The zero-order chi connectivity index (χ0) is 25.5. The first-order valence-electron chi connectivity index (χ1n) is 12.3. The number of carbonyl (C=O) groups excluding carboxylic acids is 1. The van der Waals surface area contributed by atoms with E-state index in [1.807, 2.05) is 56.3 Å². The summed E-state index contributed by atoms with van der Waals surface area (Å²) < 4.78 is 34.9. The van der Waals surface area contributed by atoms with E-state index in [2.05, 4.69) is 15.3 Å². The van der Waals surface area contributed by atoms with E-state index in [0.717, 1.165) is 11.3 Å². The van der Waals surface area contributed by atoms with Crippen molar-refractivity contribution in [2.24, 2.45) is 0 Å². The first-order valence-corrected chi connectivity index (χ1v) is 12.3. The van der Waals surface area contributed by atoms with Gasteiger partial charge in [0.2, 0.25) is 5.91 Å². The van der Waals surface area contributed by atoms with Crippen molar-refractivity contribution in [3.63, 3.8) is 0 Å². The number of hydrogen-bond donors (Lipinski definition) is 1. The average Bonchev–Trinajstić information content (AvgIpc) is 3.26. The molecule has 0 saturated carbocycles. The second-order valence-electron chi connectivity index (χ2n) is 9.40. The summed E-state index contributed by atoms with van der Waals surface area (Å²) >= 11 is 0. The van der Waals surface area contributed by atoms with Crippen LogP contribution in [0, 0.1) is 5.82 Å². The second kappa shape index (κ2) is 12.1. The van der Waals surface area contributed by atoms with Crippen LogP contribution in [-0.2, 0) is 16.0 Å². The monoisotopic (exact) mass is 494 g/mol. The summed E-state index contributed by atoms with van der Waals surface area (Å²) in [7, 11) is 0. The fraction of sp³-hybridized carbons (Fsp3) is 0.393. The number of halogens is 2. The molecule has 1 aliphatic rings. The van der Waals surface area contributed by atoms with E-state index in [0.29, 0.717) is 24.2 Å². The van der Waals surface area contributed by atoms with Gasteiger partial charge in [-0.3, -0.25) is 9.69 Å². The van der Waals surface area contributed by atoms with Gasteiger partial charge >= 0.3 is 0 Å². The van der Waals surface area contributed by atoms with Gasteiger partial charge in [0, 0.05) is 31.3 Å². The quantitative estimate of drug-likeness (QED) is 0.418. The van der Waals surface area contributed by atoms with Crippen LogP contribution in [0.1, 0.15) is 54.6 Å². The summed E-state index contributed by atoms with van der Waals surface area (Å²) in [5.74, 6) is -0.565. The lowest BCUT2D eigenvalue weighted by Crippen LogP contribution is -2.45. The van der Waals surface area contributed by atoms with Crippen LogP contribution in [0.15, 0.2) is 67.1 Å².